The molecule has 0 bridgehead atoms. The molecule has 1 N–H and O–H groups in total. The van der Waals surface area contributed by atoms with Crippen molar-refractivity contribution >= 4 is 0 Å². The molecular formula is C23H31F2NO2. The van der Waals surface area contributed by atoms with Crippen LogP contribution in [0.25, 0.3) is 0 Å². The number of benzene rings is 1. The number of hydrogen-bond donors (Lipinski definition) is 1. The van der Waals surface area contributed by atoms with Gasteiger partial charge in [0, 0.05) is 29.8 Å². The van der Waals surface area contributed by atoms with Gasteiger partial charge in [-0.05, 0) is 84.1 Å². The number of rotatable bonds is 5. The van der Waals surface area contributed by atoms with E-state index in [1.54, 1.807) is 0 Å². The lowest BCUT2D eigenvalue weighted by Gasteiger charge is -2.36. The molecule has 28 heavy (non-hydrogen) atoms. The molecule has 3 nitrogen and oxygen atoms in total. The molecule has 0 aromatic heterocycles. The smallest absolute Gasteiger partial charge is 0.157 e. The quantitative estimate of drug-likeness (QED) is 0.668. The Hall–Kier alpha value is -1.88. The molecule has 0 saturated carbocycles. The summed E-state index contributed by atoms with van der Waals surface area (Å²) < 4.78 is 34.0. The largest absolute Gasteiger partial charge is 0.504 e. The molecule has 0 fully saturated rings. The second-order valence-electron chi connectivity index (χ2n) is 9.52. The summed E-state index contributed by atoms with van der Waals surface area (Å²) in [5.74, 6) is 0.362. The van der Waals surface area contributed by atoms with Crippen LogP contribution in [0.15, 0.2) is 35.8 Å². The molecule has 0 spiro atoms. The van der Waals surface area contributed by atoms with Crippen molar-refractivity contribution in [1.29, 1.82) is 0 Å². The first-order valence-electron chi connectivity index (χ1n) is 9.97. The summed E-state index contributed by atoms with van der Waals surface area (Å²) in [5.41, 5.74) is 0.406. The monoisotopic (exact) mass is 391 g/mol. The molecule has 154 valence electrons. The van der Waals surface area contributed by atoms with Crippen LogP contribution in [0.2, 0.25) is 0 Å². The Labute approximate surface area is 166 Å². The molecule has 1 aliphatic carbocycles. The van der Waals surface area contributed by atoms with Crippen molar-refractivity contribution in [2.24, 2.45) is 5.92 Å². The van der Waals surface area contributed by atoms with E-state index in [-0.39, 0.29) is 34.5 Å². The van der Waals surface area contributed by atoms with Crippen molar-refractivity contribution in [3.8, 4) is 0 Å². The van der Waals surface area contributed by atoms with Crippen molar-refractivity contribution in [2.75, 3.05) is 0 Å². The van der Waals surface area contributed by atoms with Crippen LogP contribution in [0.5, 0.6) is 0 Å². The van der Waals surface area contributed by atoms with Crippen LogP contribution < -0.4 is 0 Å². The molecule has 1 aromatic rings. The first kappa shape index (κ1) is 20.8. The average molecular weight is 392 g/mol. The van der Waals surface area contributed by atoms with Crippen molar-refractivity contribution in [2.45, 2.75) is 78.1 Å². The Morgan fingerprint density at radius 3 is 2.18 bits per heavy atom. The number of aliphatic hydroxyl groups excluding tert-OH is 1. The maximum Gasteiger partial charge on any atom is 0.157 e. The molecule has 1 heterocycles. The van der Waals surface area contributed by atoms with Crippen molar-refractivity contribution < 1.29 is 18.6 Å². The van der Waals surface area contributed by atoms with Crippen LogP contribution in [0.1, 0.15) is 65.0 Å². The third kappa shape index (κ3) is 4.57. The summed E-state index contributed by atoms with van der Waals surface area (Å²) in [4.78, 5) is 2.15. The lowest BCUT2D eigenvalue weighted by Crippen LogP contribution is -2.40. The van der Waals surface area contributed by atoms with Gasteiger partial charge in [-0.1, -0.05) is 0 Å². The summed E-state index contributed by atoms with van der Waals surface area (Å²) in [6, 6.07) is 2.43. The topological polar surface area (TPSA) is 32.7 Å². The Morgan fingerprint density at radius 2 is 1.64 bits per heavy atom. The van der Waals surface area contributed by atoms with Gasteiger partial charge in [0.05, 0.1) is 0 Å². The second-order valence-corrected chi connectivity index (χ2v) is 9.52. The zero-order valence-electron chi connectivity index (χ0n) is 17.5. The minimum Gasteiger partial charge on any atom is -0.504 e. The van der Waals surface area contributed by atoms with Gasteiger partial charge in [-0.15, -0.1) is 0 Å². The van der Waals surface area contributed by atoms with Crippen LogP contribution in [-0.2, 0) is 17.8 Å². The number of allylic oxidation sites excluding steroid dienone is 2. The molecule has 5 heteroatoms. The minimum atomic E-state index is -0.371. The van der Waals surface area contributed by atoms with Gasteiger partial charge in [-0.3, -0.25) is 4.90 Å². The van der Waals surface area contributed by atoms with Gasteiger partial charge in [0.2, 0.25) is 0 Å². The van der Waals surface area contributed by atoms with E-state index in [1.165, 1.54) is 12.1 Å². The van der Waals surface area contributed by atoms with E-state index in [2.05, 4.69) is 18.7 Å². The fourth-order valence-electron chi connectivity index (χ4n) is 3.89. The third-order valence-corrected chi connectivity index (χ3v) is 5.67. The Balaban J connectivity index is 1.64. The number of halogens is 2. The highest BCUT2D eigenvalue weighted by Gasteiger charge is 2.35. The SMILES string of the molecule is CC(C)(C)OC1=CC(CCC(C)(C)N2Cc3c(F)ccc(F)c3C2)CC=C1O. The predicted octanol–water partition coefficient (Wildman–Crippen LogP) is 6.00. The maximum atomic E-state index is 14.1. The minimum absolute atomic E-state index is 0.194. The van der Waals surface area contributed by atoms with Crippen molar-refractivity contribution in [1.82, 2.24) is 4.90 Å². The molecule has 0 radical (unpaired) electrons. The summed E-state index contributed by atoms with van der Waals surface area (Å²) in [7, 11) is 0. The number of nitrogens with zero attached hydrogens (tertiary/aromatic N) is 1. The highest BCUT2D eigenvalue weighted by molar-refractivity contribution is 5.33. The Morgan fingerprint density at radius 1 is 1.07 bits per heavy atom. The molecule has 1 aliphatic heterocycles. The van der Waals surface area contributed by atoms with Crippen LogP contribution >= 0.6 is 0 Å². The van der Waals surface area contributed by atoms with E-state index in [0.717, 1.165) is 19.3 Å². The zero-order valence-corrected chi connectivity index (χ0v) is 17.5. The van der Waals surface area contributed by atoms with Crippen LogP contribution in [0.3, 0.4) is 0 Å². The van der Waals surface area contributed by atoms with Gasteiger partial charge >= 0.3 is 0 Å². The van der Waals surface area contributed by atoms with Gasteiger partial charge in [0.25, 0.3) is 0 Å². The third-order valence-electron chi connectivity index (χ3n) is 5.67. The Kier molecular flexibility index (Phi) is 5.59. The standard InChI is InChI=1S/C23H31F2NO2/c1-22(2,3)28-21-12-15(6-9-20(21)27)10-11-23(4,5)26-13-16-17(14-26)19(25)8-7-18(16)24/h7-9,12,15,27H,6,10-11,13-14H2,1-5H3. The number of aliphatic hydroxyl groups is 1. The van der Waals surface area contributed by atoms with Crippen LogP contribution in [0, 0.1) is 17.6 Å². The summed E-state index contributed by atoms with van der Waals surface area (Å²) >= 11 is 0. The van der Waals surface area contributed by atoms with E-state index in [9.17, 15) is 13.9 Å². The fraction of sp³-hybridized carbons (Fsp3) is 0.565. The summed E-state index contributed by atoms with van der Waals surface area (Å²) in [5, 5.41) is 10.1. The van der Waals surface area contributed by atoms with Gasteiger partial charge in [-0.25, -0.2) is 8.78 Å². The highest BCUT2D eigenvalue weighted by atomic mass is 19.1. The molecule has 1 unspecified atom stereocenters. The Bertz CT molecular complexity index is 775. The molecular weight excluding hydrogens is 360 g/mol. The lowest BCUT2D eigenvalue weighted by molar-refractivity contribution is 0.0441. The fourth-order valence-corrected chi connectivity index (χ4v) is 3.89. The molecule has 0 saturated heterocycles. The first-order chi connectivity index (χ1) is 13.0. The van der Waals surface area contributed by atoms with E-state index in [0.29, 0.717) is 30.0 Å². The van der Waals surface area contributed by atoms with Crippen LogP contribution in [-0.4, -0.2) is 21.1 Å². The first-order valence-corrected chi connectivity index (χ1v) is 9.97. The van der Waals surface area contributed by atoms with Gasteiger partial charge in [0.15, 0.2) is 11.5 Å². The number of fused-ring (bicyclic) bond motifs is 1. The average Bonchev–Trinajstić information content (AvgIpc) is 3.05. The summed E-state index contributed by atoms with van der Waals surface area (Å²) in [6.45, 7) is 11.0. The zero-order chi connectivity index (χ0) is 20.7. The summed E-state index contributed by atoms with van der Waals surface area (Å²) in [6.07, 6.45) is 6.38. The van der Waals surface area contributed by atoms with Gasteiger partial charge in [-0.2, -0.15) is 0 Å². The van der Waals surface area contributed by atoms with E-state index >= 15 is 0 Å². The predicted molar refractivity (Wildman–Crippen MR) is 107 cm³/mol. The molecule has 1 aromatic carbocycles. The molecule has 0 amide bonds. The van der Waals surface area contributed by atoms with Crippen molar-refractivity contribution in [3.05, 3.63) is 58.6 Å². The van der Waals surface area contributed by atoms with Gasteiger partial charge < -0.3 is 9.84 Å². The maximum absolute atomic E-state index is 14.1. The van der Waals surface area contributed by atoms with Gasteiger partial charge in [0.1, 0.15) is 17.2 Å². The van der Waals surface area contributed by atoms with Crippen molar-refractivity contribution in [3.63, 3.8) is 0 Å². The number of ether oxygens (including phenoxy) is 1. The van der Waals surface area contributed by atoms with E-state index in [1.807, 2.05) is 32.9 Å². The molecule has 1 atom stereocenters. The molecule has 3 rings (SSSR count). The highest BCUT2D eigenvalue weighted by Crippen LogP contribution is 2.36. The van der Waals surface area contributed by atoms with Crippen LogP contribution in [0.4, 0.5) is 8.78 Å². The van der Waals surface area contributed by atoms with E-state index < -0.39 is 0 Å². The molecule has 2 aliphatic rings. The second kappa shape index (κ2) is 7.51. The van der Waals surface area contributed by atoms with E-state index in [4.69, 9.17) is 4.74 Å². The normalized spacial score (nSPS) is 20.6. The number of hydrogen-bond acceptors (Lipinski definition) is 3. The lowest BCUT2D eigenvalue weighted by atomic mass is 9.87.